The van der Waals surface area contributed by atoms with Crippen molar-refractivity contribution < 1.29 is 19.2 Å². The summed E-state index contributed by atoms with van der Waals surface area (Å²) in [6.45, 7) is 9.74. The number of carbonyl (C=O) groups excluding carboxylic acids is 3. The van der Waals surface area contributed by atoms with E-state index in [4.69, 9.17) is 16.4 Å². The number of hydrogen-bond acceptors (Lipinski definition) is 6. The van der Waals surface area contributed by atoms with Crippen LogP contribution in [0.1, 0.15) is 59.1 Å². The van der Waals surface area contributed by atoms with Gasteiger partial charge in [0.1, 0.15) is 11.1 Å². The van der Waals surface area contributed by atoms with E-state index in [1.165, 1.54) is 11.0 Å². The maximum Gasteiger partial charge on any atom is 0.295 e. The Bertz CT molecular complexity index is 1100. The van der Waals surface area contributed by atoms with E-state index >= 15 is 0 Å². The first-order valence-electron chi connectivity index (χ1n) is 13.4. The van der Waals surface area contributed by atoms with E-state index in [1.807, 2.05) is 27.7 Å². The van der Waals surface area contributed by atoms with Gasteiger partial charge >= 0.3 is 0 Å². The molecule has 0 saturated carbocycles. The lowest BCUT2D eigenvalue weighted by Gasteiger charge is -2.49. The van der Waals surface area contributed by atoms with Crippen molar-refractivity contribution in [3.63, 3.8) is 0 Å². The lowest BCUT2D eigenvalue weighted by atomic mass is 9.95. The second-order valence-electron chi connectivity index (χ2n) is 11.2. The van der Waals surface area contributed by atoms with Crippen LogP contribution in [0.3, 0.4) is 0 Å². The maximum atomic E-state index is 13.9. The molecule has 0 spiro atoms. The summed E-state index contributed by atoms with van der Waals surface area (Å²) in [6, 6.07) is 4.56. The number of likely N-dealkylation sites (tertiary alicyclic amines) is 1. The number of hydroxylamine groups is 2. The Morgan fingerprint density at radius 1 is 1.11 bits per heavy atom. The van der Waals surface area contributed by atoms with Crippen LogP contribution in [0.15, 0.2) is 41.4 Å². The number of halogens is 1. The Kier molecular flexibility index (Phi) is 8.90. The number of piperidine rings is 1. The Morgan fingerprint density at radius 2 is 1.79 bits per heavy atom. The van der Waals surface area contributed by atoms with Gasteiger partial charge in [0, 0.05) is 12.2 Å². The van der Waals surface area contributed by atoms with Crippen molar-refractivity contribution in [2.75, 3.05) is 20.1 Å². The monoisotopic (exact) mass is 543 g/mol. The highest BCUT2D eigenvalue weighted by atomic mass is 35.5. The van der Waals surface area contributed by atoms with Crippen molar-refractivity contribution in [2.45, 2.75) is 71.6 Å². The average molecular weight is 544 g/mol. The van der Waals surface area contributed by atoms with Gasteiger partial charge in [-0.3, -0.25) is 29.1 Å². The molecule has 4 rings (SSSR count). The van der Waals surface area contributed by atoms with E-state index < -0.39 is 18.1 Å². The fourth-order valence-electron chi connectivity index (χ4n) is 5.18. The molecule has 38 heavy (non-hydrogen) atoms. The molecular formula is C28H38ClN5O4. The lowest BCUT2D eigenvalue weighted by molar-refractivity contribution is -0.226. The lowest BCUT2D eigenvalue weighted by Crippen LogP contribution is -2.65. The molecule has 3 aliphatic heterocycles. The van der Waals surface area contributed by atoms with Crippen LogP contribution < -0.4 is 0 Å². The molecule has 1 aromatic heterocycles. The topological polar surface area (TPSA) is 86.3 Å². The molecule has 0 N–H and O–H groups in total. The minimum atomic E-state index is -0.909. The first-order chi connectivity index (χ1) is 18.1. The number of amides is 3. The van der Waals surface area contributed by atoms with Crippen LogP contribution in [-0.2, 0) is 19.2 Å². The van der Waals surface area contributed by atoms with E-state index in [2.05, 4.69) is 16.9 Å². The highest BCUT2D eigenvalue weighted by molar-refractivity contribution is 6.44. The third kappa shape index (κ3) is 6.11. The zero-order chi connectivity index (χ0) is 27.6. The summed E-state index contributed by atoms with van der Waals surface area (Å²) in [5.74, 6) is -0.518. The molecule has 3 amide bonds. The fraction of sp³-hybridized carbons (Fsp3) is 0.571. The van der Waals surface area contributed by atoms with Gasteiger partial charge in [0.2, 0.25) is 5.91 Å². The summed E-state index contributed by atoms with van der Waals surface area (Å²) in [6.07, 6.45) is 6.27. The second kappa shape index (κ2) is 12.0. The van der Waals surface area contributed by atoms with Gasteiger partial charge in [0.25, 0.3) is 11.8 Å². The van der Waals surface area contributed by atoms with Crippen molar-refractivity contribution in [3.05, 3.63) is 47.1 Å². The molecule has 2 saturated heterocycles. The molecule has 0 aliphatic carbocycles. The molecule has 9 nitrogen and oxygen atoms in total. The largest absolute Gasteiger partial charge is 0.310 e. The molecule has 10 heteroatoms. The van der Waals surface area contributed by atoms with Gasteiger partial charge in [-0.05, 0) is 75.9 Å². The van der Waals surface area contributed by atoms with E-state index in [9.17, 15) is 14.4 Å². The van der Waals surface area contributed by atoms with E-state index in [0.717, 1.165) is 31.0 Å². The quantitative estimate of drug-likeness (QED) is 0.486. The smallest absolute Gasteiger partial charge is 0.295 e. The molecule has 3 aliphatic rings. The van der Waals surface area contributed by atoms with Crippen molar-refractivity contribution in [2.24, 2.45) is 11.8 Å². The predicted molar refractivity (Wildman–Crippen MR) is 145 cm³/mol. The van der Waals surface area contributed by atoms with Crippen LogP contribution >= 0.6 is 11.6 Å². The molecule has 2 atom stereocenters. The Hall–Kier alpha value is -2.75. The van der Waals surface area contributed by atoms with Crippen LogP contribution in [0, 0.1) is 11.8 Å². The Labute approximate surface area is 230 Å². The number of aromatic nitrogens is 1. The first kappa shape index (κ1) is 28.3. The minimum Gasteiger partial charge on any atom is -0.310 e. The van der Waals surface area contributed by atoms with E-state index in [1.54, 1.807) is 35.5 Å². The predicted octanol–water partition coefficient (Wildman–Crippen LogP) is 3.83. The number of hydrogen-bond donors (Lipinski definition) is 0. The molecule has 0 bridgehead atoms. The molecule has 0 radical (unpaired) electrons. The van der Waals surface area contributed by atoms with Gasteiger partial charge in [0.15, 0.2) is 11.9 Å². The minimum absolute atomic E-state index is 0.0250. The molecule has 4 heterocycles. The number of pyridine rings is 1. The molecule has 2 fully saturated rings. The number of nitrogens with zero attached hydrogens (tertiary/aromatic N) is 5. The zero-order valence-corrected chi connectivity index (χ0v) is 23.6. The number of fused-ring (bicyclic) bond motifs is 1. The maximum absolute atomic E-state index is 13.9. The molecule has 0 unspecified atom stereocenters. The molecule has 0 aromatic carbocycles. The molecule has 206 valence electrons. The summed E-state index contributed by atoms with van der Waals surface area (Å²) in [7, 11) is 2.06. The van der Waals surface area contributed by atoms with Gasteiger partial charge in [-0.25, -0.2) is 0 Å². The van der Waals surface area contributed by atoms with Crippen LogP contribution in [-0.4, -0.2) is 80.8 Å². The van der Waals surface area contributed by atoms with Crippen molar-refractivity contribution in [1.29, 1.82) is 0 Å². The van der Waals surface area contributed by atoms with E-state index in [-0.39, 0.29) is 40.5 Å². The third-order valence-electron chi connectivity index (χ3n) is 7.12. The highest BCUT2D eigenvalue weighted by Gasteiger charge is 2.50. The molecular weight excluding hydrogens is 506 g/mol. The fourth-order valence-corrected chi connectivity index (χ4v) is 5.36. The summed E-state index contributed by atoms with van der Waals surface area (Å²) in [5.41, 5.74) is 0.521. The number of rotatable bonds is 7. The van der Waals surface area contributed by atoms with Crippen molar-refractivity contribution >= 4 is 35.4 Å². The van der Waals surface area contributed by atoms with Gasteiger partial charge in [-0.15, -0.1) is 0 Å². The van der Waals surface area contributed by atoms with Gasteiger partial charge in [-0.1, -0.05) is 45.4 Å². The Morgan fingerprint density at radius 3 is 2.39 bits per heavy atom. The first-order valence-corrected chi connectivity index (χ1v) is 13.8. The second-order valence-corrected chi connectivity index (χ2v) is 11.6. The van der Waals surface area contributed by atoms with Crippen LogP contribution in [0.2, 0.25) is 0 Å². The van der Waals surface area contributed by atoms with Crippen molar-refractivity contribution in [3.8, 4) is 0 Å². The van der Waals surface area contributed by atoms with Crippen LogP contribution in [0.4, 0.5) is 0 Å². The van der Waals surface area contributed by atoms with Gasteiger partial charge < -0.3 is 9.80 Å². The van der Waals surface area contributed by atoms with Gasteiger partial charge in [0.05, 0.1) is 11.9 Å². The SMILES string of the molecule is CC(C)C[C@H]1ON(C(=O)/C(Cl)=C/c2ccccn2)C2=CN(C3CCN(C)CC3)C(=O)[C@H](CC(C)C)N2C1=O. The van der Waals surface area contributed by atoms with Crippen LogP contribution in [0.5, 0.6) is 0 Å². The van der Waals surface area contributed by atoms with Crippen LogP contribution in [0.25, 0.3) is 6.08 Å². The normalized spacial score (nSPS) is 23.8. The summed E-state index contributed by atoms with van der Waals surface area (Å²) >= 11 is 6.50. The molecule has 1 aromatic rings. The highest BCUT2D eigenvalue weighted by Crippen LogP contribution is 2.36. The summed E-state index contributed by atoms with van der Waals surface area (Å²) in [5, 5.41) is 1.00. The summed E-state index contributed by atoms with van der Waals surface area (Å²) in [4.78, 5) is 57.1. The Balaban J connectivity index is 1.77. The standard InChI is InChI=1S/C28H38ClN5O4/c1-18(2)14-23-27(36)32(21-9-12-31(5)13-10-21)17-25-33(23)28(37)24(15-19(3)4)38-34(25)26(35)22(29)16-20-8-6-7-11-30-20/h6-8,11,16-19,21,23-24H,9-10,12-15H2,1-5H3/b22-16-/t23-,24+/m0/s1. The average Bonchev–Trinajstić information content (AvgIpc) is 2.87. The third-order valence-corrected chi connectivity index (χ3v) is 7.39. The van der Waals surface area contributed by atoms with Crippen molar-refractivity contribution in [1.82, 2.24) is 24.7 Å². The zero-order valence-electron chi connectivity index (χ0n) is 22.8. The van der Waals surface area contributed by atoms with Gasteiger partial charge in [-0.2, -0.15) is 5.06 Å². The van der Waals surface area contributed by atoms with E-state index in [0.29, 0.717) is 18.5 Å². The summed E-state index contributed by atoms with van der Waals surface area (Å²) < 4.78 is 0. The number of carbonyl (C=O) groups is 3.